The Morgan fingerprint density at radius 2 is 1.59 bits per heavy atom. The van der Waals surface area contributed by atoms with Gasteiger partial charge in [-0.1, -0.05) is 48.5 Å². The smallest absolute Gasteiger partial charge is 0.407 e. The molecule has 0 unspecified atom stereocenters. The summed E-state index contributed by atoms with van der Waals surface area (Å²) in [6.45, 7) is 0.804. The fourth-order valence-electron chi connectivity index (χ4n) is 4.37. The van der Waals surface area contributed by atoms with Crippen molar-refractivity contribution in [3.8, 4) is 11.1 Å². The highest BCUT2D eigenvalue weighted by atomic mass is 16.5. The predicted molar refractivity (Wildman–Crippen MR) is 116 cm³/mol. The van der Waals surface area contributed by atoms with Crippen molar-refractivity contribution < 1.29 is 29.0 Å². The summed E-state index contributed by atoms with van der Waals surface area (Å²) in [4.78, 5) is 36.0. The van der Waals surface area contributed by atoms with Crippen molar-refractivity contribution in [1.82, 2.24) is 10.6 Å². The van der Waals surface area contributed by atoms with Gasteiger partial charge in [-0.3, -0.25) is 4.79 Å². The molecule has 1 saturated heterocycles. The van der Waals surface area contributed by atoms with Crippen LogP contribution in [-0.2, 0) is 19.1 Å². The Labute approximate surface area is 185 Å². The summed E-state index contributed by atoms with van der Waals surface area (Å²) in [6.07, 6.45) is -0.222. The number of alkyl carbamates (subject to hydrolysis) is 1. The zero-order valence-corrected chi connectivity index (χ0v) is 17.6. The van der Waals surface area contributed by atoms with Crippen molar-refractivity contribution in [2.24, 2.45) is 0 Å². The minimum absolute atomic E-state index is 0.0413. The van der Waals surface area contributed by atoms with Crippen molar-refractivity contribution in [3.63, 3.8) is 0 Å². The average molecular weight is 438 g/mol. The summed E-state index contributed by atoms with van der Waals surface area (Å²) < 4.78 is 10.6. The van der Waals surface area contributed by atoms with Gasteiger partial charge in [0, 0.05) is 44.9 Å². The zero-order chi connectivity index (χ0) is 22.6. The molecule has 0 saturated carbocycles. The highest BCUT2D eigenvalue weighted by molar-refractivity contribution is 5.87. The molecule has 1 fully saturated rings. The van der Waals surface area contributed by atoms with Crippen LogP contribution in [0.2, 0.25) is 0 Å². The third kappa shape index (κ3) is 4.45. The highest BCUT2D eigenvalue weighted by Crippen LogP contribution is 2.44. The van der Waals surface area contributed by atoms with Gasteiger partial charge in [0.15, 0.2) is 0 Å². The normalized spacial score (nSPS) is 16.5. The summed E-state index contributed by atoms with van der Waals surface area (Å²) >= 11 is 0. The Morgan fingerprint density at radius 1 is 1.00 bits per heavy atom. The first-order valence-electron chi connectivity index (χ1n) is 10.7. The van der Waals surface area contributed by atoms with Crippen molar-refractivity contribution in [3.05, 3.63) is 59.7 Å². The van der Waals surface area contributed by atoms with E-state index in [0.29, 0.717) is 0 Å². The van der Waals surface area contributed by atoms with Crippen LogP contribution in [0.4, 0.5) is 4.79 Å². The van der Waals surface area contributed by atoms with Crippen molar-refractivity contribution in [2.75, 3.05) is 26.4 Å². The van der Waals surface area contributed by atoms with Crippen LogP contribution in [0.25, 0.3) is 11.1 Å². The van der Waals surface area contributed by atoms with Gasteiger partial charge in [0.25, 0.3) is 0 Å². The monoisotopic (exact) mass is 438 g/mol. The van der Waals surface area contributed by atoms with E-state index in [1.165, 1.54) is 0 Å². The topological polar surface area (TPSA) is 114 Å². The van der Waals surface area contributed by atoms with E-state index in [0.717, 1.165) is 22.3 Å². The second-order valence-corrected chi connectivity index (χ2v) is 8.05. The van der Waals surface area contributed by atoms with E-state index in [1.807, 2.05) is 36.4 Å². The first-order valence-corrected chi connectivity index (χ1v) is 10.7. The SMILES string of the molecule is O=C(CCNC(=O)OCC1c2ccccc2-c2ccccc21)NC1(C(=O)O)CCOCC1. The Bertz CT molecular complexity index is 970. The summed E-state index contributed by atoms with van der Waals surface area (Å²) in [5, 5.41) is 14.7. The molecule has 2 aromatic carbocycles. The molecule has 2 aliphatic rings. The molecule has 0 spiro atoms. The van der Waals surface area contributed by atoms with Gasteiger partial charge in [-0.15, -0.1) is 0 Å². The first-order chi connectivity index (χ1) is 15.5. The maximum absolute atomic E-state index is 12.2. The number of amides is 2. The Balaban J connectivity index is 1.26. The molecule has 1 aliphatic carbocycles. The number of carbonyl (C=O) groups is 3. The molecule has 8 heteroatoms. The number of carbonyl (C=O) groups excluding carboxylic acids is 2. The molecule has 2 amide bonds. The van der Waals surface area contributed by atoms with Gasteiger partial charge in [0.1, 0.15) is 12.1 Å². The number of rotatable bonds is 7. The van der Waals surface area contributed by atoms with Crippen LogP contribution in [0.1, 0.15) is 36.3 Å². The Hall–Kier alpha value is -3.39. The fourth-order valence-corrected chi connectivity index (χ4v) is 4.37. The Kier molecular flexibility index (Phi) is 6.41. The van der Waals surface area contributed by atoms with E-state index in [4.69, 9.17) is 9.47 Å². The van der Waals surface area contributed by atoms with E-state index in [-0.39, 0.29) is 51.5 Å². The number of hydrogen-bond acceptors (Lipinski definition) is 5. The molecule has 0 aromatic heterocycles. The number of fused-ring (bicyclic) bond motifs is 3. The van der Waals surface area contributed by atoms with Crippen LogP contribution in [0.15, 0.2) is 48.5 Å². The molecule has 8 nitrogen and oxygen atoms in total. The average Bonchev–Trinajstić information content (AvgIpc) is 3.12. The number of carboxylic acids is 1. The molecule has 0 atom stereocenters. The van der Waals surface area contributed by atoms with Crippen LogP contribution in [0.3, 0.4) is 0 Å². The standard InChI is InChI=1S/C24H26N2O6/c27-21(26-24(22(28)29)10-13-31-14-11-24)9-12-25-23(30)32-15-20-18-7-3-1-5-16(18)17-6-2-4-8-19(17)20/h1-8,20H,9-15H2,(H,25,30)(H,26,27)(H,28,29). The predicted octanol–water partition coefficient (Wildman–Crippen LogP) is 2.67. The lowest BCUT2D eigenvalue weighted by atomic mass is 9.90. The van der Waals surface area contributed by atoms with Crippen LogP contribution in [0.5, 0.6) is 0 Å². The Morgan fingerprint density at radius 3 is 2.19 bits per heavy atom. The first kappa shape index (κ1) is 21.8. The molecular formula is C24H26N2O6. The molecule has 0 bridgehead atoms. The molecular weight excluding hydrogens is 412 g/mol. The fraction of sp³-hybridized carbons (Fsp3) is 0.375. The second kappa shape index (κ2) is 9.40. The number of ether oxygens (including phenoxy) is 2. The van der Waals surface area contributed by atoms with E-state index in [2.05, 4.69) is 22.8 Å². The van der Waals surface area contributed by atoms with Crippen molar-refractivity contribution >= 4 is 18.0 Å². The van der Waals surface area contributed by atoms with E-state index in [1.54, 1.807) is 0 Å². The van der Waals surface area contributed by atoms with Crippen molar-refractivity contribution in [2.45, 2.75) is 30.7 Å². The van der Waals surface area contributed by atoms with E-state index >= 15 is 0 Å². The molecule has 168 valence electrons. The quantitative estimate of drug-likeness (QED) is 0.613. The number of hydrogen-bond donors (Lipinski definition) is 3. The maximum atomic E-state index is 12.2. The van der Waals surface area contributed by atoms with Gasteiger partial charge < -0.3 is 25.2 Å². The molecule has 1 aliphatic heterocycles. The van der Waals surface area contributed by atoms with Gasteiger partial charge in [-0.05, 0) is 22.3 Å². The summed E-state index contributed by atoms with van der Waals surface area (Å²) in [5.41, 5.74) is 3.23. The third-order valence-corrected chi connectivity index (χ3v) is 6.10. The molecule has 4 rings (SSSR count). The second-order valence-electron chi connectivity index (χ2n) is 8.05. The maximum Gasteiger partial charge on any atom is 0.407 e. The highest BCUT2D eigenvalue weighted by Gasteiger charge is 2.41. The molecule has 3 N–H and O–H groups in total. The lowest BCUT2D eigenvalue weighted by Gasteiger charge is -2.33. The minimum atomic E-state index is -1.31. The molecule has 0 radical (unpaired) electrons. The van der Waals surface area contributed by atoms with E-state index in [9.17, 15) is 19.5 Å². The van der Waals surface area contributed by atoms with Gasteiger partial charge in [0.2, 0.25) is 5.91 Å². The minimum Gasteiger partial charge on any atom is -0.480 e. The number of nitrogens with one attached hydrogen (secondary N) is 2. The van der Waals surface area contributed by atoms with Gasteiger partial charge >= 0.3 is 12.1 Å². The van der Waals surface area contributed by atoms with Gasteiger partial charge in [-0.2, -0.15) is 0 Å². The van der Waals surface area contributed by atoms with Gasteiger partial charge in [-0.25, -0.2) is 9.59 Å². The number of aliphatic carboxylic acids is 1. The third-order valence-electron chi connectivity index (χ3n) is 6.10. The van der Waals surface area contributed by atoms with Crippen molar-refractivity contribution in [1.29, 1.82) is 0 Å². The molecule has 2 aromatic rings. The largest absolute Gasteiger partial charge is 0.480 e. The van der Waals surface area contributed by atoms with Gasteiger partial charge in [0.05, 0.1) is 0 Å². The van der Waals surface area contributed by atoms with Crippen LogP contribution < -0.4 is 10.6 Å². The van der Waals surface area contributed by atoms with E-state index < -0.39 is 23.5 Å². The lowest BCUT2D eigenvalue weighted by molar-refractivity contribution is -0.152. The van der Waals surface area contributed by atoms with Crippen LogP contribution in [0, 0.1) is 0 Å². The summed E-state index contributed by atoms with van der Waals surface area (Å²) in [6, 6.07) is 16.1. The van der Waals surface area contributed by atoms with Crippen LogP contribution >= 0.6 is 0 Å². The van der Waals surface area contributed by atoms with Crippen LogP contribution in [-0.4, -0.2) is 55.0 Å². The summed E-state index contributed by atoms with van der Waals surface area (Å²) in [7, 11) is 0. The molecule has 32 heavy (non-hydrogen) atoms. The number of carboxylic acid groups (broad SMARTS) is 1. The summed E-state index contributed by atoms with van der Waals surface area (Å²) in [5.74, 6) is -1.55. The zero-order valence-electron chi connectivity index (χ0n) is 17.6. The number of benzene rings is 2. The molecule has 1 heterocycles. The lowest BCUT2D eigenvalue weighted by Crippen LogP contribution is -2.57.